The molecule has 120 heavy (non-hydrogen) atoms. The van der Waals surface area contributed by atoms with Crippen molar-refractivity contribution in [3.63, 3.8) is 0 Å². The van der Waals surface area contributed by atoms with Crippen molar-refractivity contribution in [2.45, 2.75) is 309 Å². The Morgan fingerprint density at radius 2 is 0.250 bits per heavy atom. The van der Waals surface area contributed by atoms with Crippen molar-refractivity contribution in [3.05, 3.63) is 0 Å². The van der Waals surface area contributed by atoms with Gasteiger partial charge in [0, 0.05) is 125 Å². The van der Waals surface area contributed by atoms with E-state index in [1.54, 1.807) is 0 Å². The van der Waals surface area contributed by atoms with Crippen LogP contribution in [0.3, 0.4) is 0 Å². The van der Waals surface area contributed by atoms with E-state index in [1.807, 2.05) is 0 Å². The molecule has 0 amide bonds. The molecule has 30 atom stereocenters. The Morgan fingerprint density at radius 1 is 0.150 bits per heavy atom. The van der Waals surface area contributed by atoms with Crippen LogP contribution in [0.15, 0.2) is 0 Å². The number of carbonyl (C=O) groups excluding carboxylic acids is 18. The smallest absolute Gasteiger partial charge is 0.303 e. The predicted octanol–water partition coefficient (Wildman–Crippen LogP) is -2.78. The zero-order valence-corrected chi connectivity index (χ0v) is 68.2. The fraction of sp³-hybridized carbons (Fsp3) is 0.750. The summed E-state index contributed by atoms with van der Waals surface area (Å²) in [5.41, 5.74) is 0. The fourth-order valence-corrected chi connectivity index (χ4v) is 13.7. The molecule has 48 heteroatoms. The summed E-state index contributed by atoms with van der Waals surface area (Å²) in [5.74, 6) is -21.5. The number of rotatable bonds is 24. The van der Waals surface area contributed by atoms with Crippen LogP contribution in [0.25, 0.3) is 0 Å². The molecular weight excluding hydrogens is 1630 g/mol. The predicted molar refractivity (Wildman–Crippen MR) is 368 cm³/mol. The lowest BCUT2D eigenvalue weighted by Gasteiger charge is -2.52. The molecule has 0 aromatic heterocycles. The van der Waals surface area contributed by atoms with Crippen LogP contribution in [0.4, 0.5) is 0 Å². The monoisotopic (exact) mass is 1730 g/mol. The van der Waals surface area contributed by atoms with Crippen LogP contribution in [-0.4, -0.2) is 331 Å². The molecule has 48 nitrogen and oxygen atoms in total. The summed E-state index contributed by atoms with van der Waals surface area (Å²) in [7, 11) is 0. The molecule has 30 unspecified atom stereocenters. The van der Waals surface area contributed by atoms with E-state index in [1.165, 1.54) is 0 Å². The number of hydrogen-bond donors (Lipinski definition) is 0. The molecule has 0 N–H and O–H groups in total. The highest BCUT2D eigenvalue weighted by Crippen LogP contribution is 2.44. The van der Waals surface area contributed by atoms with Crippen LogP contribution in [0.1, 0.15) is 125 Å². The van der Waals surface area contributed by atoms with Crippen molar-refractivity contribution in [2.24, 2.45) is 0 Å². The Kier molecular flexibility index (Phi) is 35.6. The van der Waals surface area contributed by atoms with Gasteiger partial charge in [-0.05, 0) is 0 Å². The van der Waals surface area contributed by atoms with E-state index >= 15 is 0 Å². The third kappa shape index (κ3) is 27.5. The van der Waals surface area contributed by atoms with E-state index in [0.29, 0.717) is 0 Å². The molecule has 22 heterocycles. The van der Waals surface area contributed by atoms with Gasteiger partial charge in [0.05, 0.1) is 0 Å². The minimum atomic E-state index is -2.39. The van der Waals surface area contributed by atoms with Crippen LogP contribution < -0.4 is 0 Å². The maximum atomic E-state index is 13.8. The fourth-order valence-electron chi connectivity index (χ4n) is 13.7. The normalized spacial score (nSPS) is 34.6. The molecular formula is C72H96O48. The first kappa shape index (κ1) is 97.1. The third-order valence-corrected chi connectivity index (χ3v) is 17.6. The van der Waals surface area contributed by atoms with E-state index in [0.717, 1.165) is 125 Å². The van der Waals surface area contributed by atoms with Crippen molar-refractivity contribution in [1.82, 2.24) is 0 Å². The van der Waals surface area contributed by atoms with Gasteiger partial charge in [-0.25, -0.2) is 0 Å². The summed E-state index contributed by atoms with van der Waals surface area (Å²) in [6, 6.07) is 0. The number of esters is 18. The second-order valence-corrected chi connectivity index (χ2v) is 27.6. The highest BCUT2D eigenvalue weighted by atomic mass is 16.8. The number of hydrogen-bond acceptors (Lipinski definition) is 48. The summed E-state index contributed by atoms with van der Waals surface area (Å²) in [6.45, 7) is 9.13. The molecule has 22 rings (SSSR count). The van der Waals surface area contributed by atoms with Gasteiger partial charge in [0.2, 0.25) is 0 Å². The van der Waals surface area contributed by atoms with Crippen molar-refractivity contribution in [1.29, 1.82) is 0 Å². The topological polar surface area (TPSA) is 584 Å². The minimum Gasteiger partial charge on any atom is -0.463 e. The summed E-state index contributed by atoms with van der Waals surface area (Å²) < 4.78 is 183. The van der Waals surface area contributed by atoms with Crippen LogP contribution in [0, 0.1) is 0 Å². The highest BCUT2D eigenvalue weighted by Gasteiger charge is 2.65. The molecule has 0 spiro atoms. The first-order valence-corrected chi connectivity index (χ1v) is 37.0. The van der Waals surface area contributed by atoms with Gasteiger partial charge in [-0.2, -0.15) is 0 Å². The van der Waals surface area contributed by atoms with E-state index < -0.39 is 331 Å². The molecule has 12 bridgehead atoms. The average molecular weight is 1730 g/mol. The molecule has 22 fully saturated rings. The van der Waals surface area contributed by atoms with Crippen molar-refractivity contribution >= 4 is 107 Å². The van der Waals surface area contributed by atoms with Crippen LogP contribution >= 0.6 is 0 Å². The van der Waals surface area contributed by atoms with Crippen LogP contribution in [0.5, 0.6) is 0 Å². The van der Waals surface area contributed by atoms with Crippen molar-refractivity contribution in [3.8, 4) is 0 Å². The summed E-state index contributed by atoms with van der Waals surface area (Å²) in [5, 5.41) is 0. The summed E-state index contributed by atoms with van der Waals surface area (Å²) in [4.78, 5) is 243. The molecule has 22 aliphatic heterocycles. The largest absolute Gasteiger partial charge is 0.463 e. The molecule has 0 aromatic rings. The Bertz CT molecular complexity index is 3120. The van der Waals surface area contributed by atoms with Crippen molar-refractivity contribution < 1.29 is 228 Å². The zero-order chi connectivity index (χ0) is 89.2. The lowest BCUT2D eigenvalue weighted by Crippen LogP contribution is -2.71. The van der Waals surface area contributed by atoms with Gasteiger partial charge in [-0.3, -0.25) is 86.3 Å². The van der Waals surface area contributed by atoms with Gasteiger partial charge in [0.25, 0.3) is 0 Å². The quantitative estimate of drug-likeness (QED) is 0.0697. The zero-order valence-electron chi connectivity index (χ0n) is 68.2. The van der Waals surface area contributed by atoms with Gasteiger partial charge in [0.1, 0.15) is 113 Å². The molecule has 0 aliphatic carbocycles. The SMILES string of the molecule is CC(=O)OCC1OC2OC3C(COC(C)=O)OC(OC4C(COC(C)=O)OC(OC5C(COC(C)=O)OC(OC6C(COC(C)=O)OC(OC7C(COC(C)=O)OC(OC1C(OC(C)=O)C2OC(C)=O)C(OC(C)=O)C7OC(C)=O)C(OC(C)=O)C6OC(C)=O)C(OC(C)=O)C5OC(C)=O)C(OC(C)=O)C4OC(C)=O)C(OC(C)=O)C3OC(C)=O. The van der Waals surface area contributed by atoms with E-state index in [9.17, 15) is 86.3 Å². The third-order valence-electron chi connectivity index (χ3n) is 17.6. The van der Waals surface area contributed by atoms with Crippen LogP contribution in [0.2, 0.25) is 0 Å². The molecule has 0 radical (unpaired) electrons. The van der Waals surface area contributed by atoms with Gasteiger partial charge in [-0.15, -0.1) is 0 Å². The lowest BCUT2D eigenvalue weighted by molar-refractivity contribution is -0.404. The lowest BCUT2D eigenvalue weighted by atomic mass is 9.94. The Labute approximate surface area is 682 Å². The van der Waals surface area contributed by atoms with Gasteiger partial charge in [-0.1, -0.05) is 0 Å². The van der Waals surface area contributed by atoms with Gasteiger partial charge in [0.15, 0.2) is 111 Å². The molecule has 22 saturated heterocycles. The Hall–Kier alpha value is -10.0. The second-order valence-electron chi connectivity index (χ2n) is 27.6. The average Bonchev–Trinajstić information content (AvgIpc) is 0.755. The Morgan fingerprint density at radius 3 is 0.342 bits per heavy atom. The van der Waals surface area contributed by atoms with Crippen molar-refractivity contribution in [2.75, 3.05) is 39.6 Å². The standard InChI is InChI=1S/C72H96O48/c1-25(73)91-19-43-49-55(97-31(7)79)61(103-37(13)85)67(109-43)116-50-44(20-92-26(2)74)111-69(63(105-39(15)87)56(50)98-32(8)80)118-52-46(22-94-28(4)76)113-71(65(107-41(17)89)58(52)100-34(10)82)120-54-48(24-96-30(6)78)114-72(66(108-42(18)90)60(54)102-36(12)84)119-53-47(23-95-29(5)77)112-70(64(106-40(16)88)59(53)101-35(11)83)117-51-45(21-93-27(3)75)110-68(115-49)62(104-38(14)86)57(51)99-33(9)81/h43-72H,19-24H2,1-18H3. The van der Waals surface area contributed by atoms with Crippen LogP contribution in [-0.2, 0) is 228 Å². The van der Waals surface area contributed by atoms with E-state index in [-0.39, 0.29) is 0 Å². The highest BCUT2D eigenvalue weighted by molar-refractivity contribution is 5.72. The maximum absolute atomic E-state index is 13.8. The summed E-state index contributed by atoms with van der Waals surface area (Å²) in [6.07, 6.45) is -67.3. The Balaban J connectivity index is 1.64. The minimum absolute atomic E-state index is 0.826. The number of carbonyl (C=O) groups is 18. The molecule has 22 aliphatic rings. The number of ether oxygens (including phenoxy) is 30. The van der Waals surface area contributed by atoms with Gasteiger partial charge >= 0.3 is 107 Å². The first-order valence-electron chi connectivity index (χ1n) is 37.0. The molecule has 0 saturated carbocycles. The molecule has 672 valence electrons. The maximum Gasteiger partial charge on any atom is 0.303 e. The first-order chi connectivity index (χ1) is 56.3. The second kappa shape index (κ2) is 44.0. The van der Waals surface area contributed by atoms with E-state index in [4.69, 9.17) is 142 Å². The molecule has 0 aromatic carbocycles. The summed E-state index contributed by atoms with van der Waals surface area (Å²) >= 11 is 0. The van der Waals surface area contributed by atoms with Gasteiger partial charge < -0.3 is 142 Å². The van der Waals surface area contributed by atoms with E-state index in [2.05, 4.69) is 0 Å².